The molecule has 0 aromatic heterocycles. The summed E-state index contributed by atoms with van der Waals surface area (Å²) in [4.78, 5) is 11.0. The molecule has 92 valence electrons. The largest absolute Gasteiger partial charge is 0.480 e. The van der Waals surface area contributed by atoms with E-state index in [0.29, 0.717) is 6.42 Å². The Labute approximate surface area is 93.4 Å². The van der Waals surface area contributed by atoms with Gasteiger partial charge in [-0.2, -0.15) is 0 Å². The van der Waals surface area contributed by atoms with Crippen LogP contribution >= 0.6 is 0 Å². The highest BCUT2D eigenvalue weighted by Gasteiger charge is 2.35. The molecule has 4 unspecified atom stereocenters. The van der Waals surface area contributed by atoms with Crippen LogP contribution in [0.2, 0.25) is 0 Å². The van der Waals surface area contributed by atoms with Gasteiger partial charge < -0.3 is 25.6 Å². The highest BCUT2D eigenvalue weighted by Crippen LogP contribution is 2.20. The normalized spacial score (nSPS) is 31.8. The molecule has 16 heavy (non-hydrogen) atoms. The molecule has 1 rings (SSSR count). The standard InChI is InChI=1S/C9H17N3O4/c1-4-3-6(16-5(2)15-4)7(8(13)14)12-9(10)11/h4-7H,3H2,1-2H3,(H,13,14)(H4,10,11,12). The van der Waals surface area contributed by atoms with Crippen molar-refractivity contribution in [1.82, 2.24) is 5.32 Å². The van der Waals surface area contributed by atoms with Gasteiger partial charge >= 0.3 is 5.97 Å². The third kappa shape index (κ3) is 3.35. The molecule has 0 aliphatic carbocycles. The molecule has 1 saturated heterocycles. The summed E-state index contributed by atoms with van der Waals surface area (Å²) in [5.41, 5.74) is 5.13. The fourth-order valence-corrected chi connectivity index (χ4v) is 1.74. The van der Waals surface area contributed by atoms with E-state index >= 15 is 0 Å². The van der Waals surface area contributed by atoms with Gasteiger partial charge in [-0.15, -0.1) is 0 Å². The van der Waals surface area contributed by atoms with Gasteiger partial charge in [-0.25, -0.2) is 4.79 Å². The van der Waals surface area contributed by atoms with Crippen LogP contribution in [0.5, 0.6) is 0 Å². The van der Waals surface area contributed by atoms with Crippen molar-refractivity contribution in [3.8, 4) is 0 Å². The Bertz CT molecular complexity index is 274. The highest BCUT2D eigenvalue weighted by molar-refractivity contribution is 5.83. The van der Waals surface area contributed by atoms with E-state index in [4.69, 9.17) is 25.7 Å². The van der Waals surface area contributed by atoms with Crippen molar-refractivity contribution in [2.45, 2.75) is 44.8 Å². The van der Waals surface area contributed by atoms with Crippen LogP contribution in [-0.4, -0.2) is 41.6 Å². The molecule has 7 nitrogen and oxygen atoms in total. The van der Waals surface area contributed by atoms with Gasteiger partial charge in [-0.3, -0.25) is 5.41 Å². The van der Waals surface area contributed by atoms with Crippen LogP contribution in [0.3, 0.4) is 0 Å². The number of carbonyl (C=O) groups is 1. The maximum atomic E-state index is 11.0. The van der Waals surface area contributed by atoms with Gasteiger partial charge in [0.1, 0.15) is 0 Å². The lowest BCUT2D eigenvalue weighted by Crippen LogP contribution is -2.55. The SMILES string of the molecule is CC1CC(C(NC(=N)N)C(=O)O)OC(C)O1. The summed E-state index contributed by atoms with van der Waals surface area (Å²) in [5.74, 6) is -1.48. The fraction of sp³-hybridized carbons (Fsp3) is 0.778. The van der Waals surface area contributed by atoms with Crippen molar-refractivity contribution in [1.29, 1.82) is 5.41 Å². The molecule has 1 heterocycles. The Balaban J connectivity index is 2.69. The van der Waals surface area contributed by atoms with Gasteiger partial charge in [-0.1, -0.05) is 0 Å². The van der Waals surface area contributed by atoms with E-state index in [1.165, 1.54) is 0 Å². The predicted molar refractivity (Wildman–Crippen MR) is 56.0 cm³/mol. The van der Waals surface area contributed by atoms with Crippen LogP contribution < -0.4 is 11.1 Å². The maximum Gasteiger partial charge on any atom is 0.328 e. The zero-order valence-electron chi connectivity index (χ0n) is 9.27. The molecule has 7 heteroatoms. The van der Waals surface area contributed by atoms with Gasteiger partial charge in [0.2, 0.25) is 0 Å². The summed E-state index contributed by atoms with van der Waals surface area (Å²) < 4.78 is 10.7. The van der Waals surface area contributed by atoms with E-state index in [-0.39, 0.29) is 12.1 Å². The first-order chi connectivity index (χ1) is 7.40. The van der Waals surface area contributed by atoms with Crippen LogP contribution in [0.25, 0.3) is 0 Å². The zero-order valence-corrected chi connectivity index (χ0v) is 9.27. The minimum absolute atomic E-state index is 0.0793. The van der Waals surface area contributed by atoms with Gasteiger partial charge in [0, 0.05) is 6.42 Å². The molecule has 5 N–H and O–H groups in total. The molecule has 0 saturated carbocycles. The molecule has 0 aromatic rings. The van der Waals surface area contributed by atoms with Crippen molar-refractivity contribution < 1.29 is 19.4 Å². The monoisotopic (exact) mass is 231 g/mol. The third-order valence-corrected chi connectivity index (χ3v) is 2.30. The second kappa shape index (κ2) is 5.13. The van der Waals surface area contributed by atoms with Crippen molar-refractivity contribution in [2.24, 2.45) is 5.73 Å². The number of carboxylic acid groups (broad SMARTS) is 1. The Morgan fingerprint density at radius 3 is 2.62 bits per heavy atom. The number of aliphatic carboxylic acids is 1. The summed E-state index contributed by atoms with van der Waals surface area (Å²) in [6.45, 7) is 3.55. The van der Waals surface area contributed by atoms with Crippen molar-refractivity contribution in [2.75, 3.05) is 0 Å². The molecule has 0 amide bonds. The number of guanidine groups is 1. The lowest BCUT2D eigenvalue weighted by molar-refractivity contribution is -0.235. The molecule has 1 aliphatic heterocycles. The predicted octanol–water partition coefficient (Wildman–Crippen LogP) is -0.537. The molecule has 1 aliphatic rings. The number of nitrogens with one attached hydrogen (secondary N) is 2. The Morgan fingerprint density at radius 2 is 2.19 bits per heavy atom. The molecular formula is C9H17N3O4. The number of ether oxygens (including phenoxy) is 2. The second-order valence-corrected chi connectivity index (χ2v) is 3.80. The first-order valence-corrected chi connectivity index (χ1v) is 5.04. The molecule has 0 spiro atoms. The van der Waals surface area contributed by atoms with E-state index in [9.17, 15) is 4.79 Å². The Kier molecular flexibility index (Phi) is 4.08. The van der Waals surface area contributed by atoms with Crippen LogP contribution in [0.1, 0.15) is 20.3 Å². The van der Waals surface area contributed by atoms with Crippen molar-refractivity contribution >= 4 is 11.9 Å². The van der Waals surface area contributed by atoms with Gasteiger partial charge in [0.05, 0.1) is 12.2 Å². The first-order valence-electron chi connectivity index (χ1n) is 5.04. The van der Waals surface area contributed by atoms with Crippen molar-refractivity contribution in [3.63, 3.8) is 0 Å². The summed E-state index contributed by atoms with van der Waals surface area (Å²) >= 11 is 0. The molecule has 0 aromatic carbocycles. The number of hydrogen-bond acceptors (Lipinski definition) is 4. The number of nitrogens with two attached hydrogens (primary N) is 1. The van der Waals surface area contributed by atoms with E-state index in [2.05, 4.69) is 5.32 Å². The average molecular weight is 231 g/mol. The highest BCUT2D eigenvalue weighted by atomic mass is 16.7. The van der Waals surface area contributed by atoms with E-state index in [1.54, 1.807) is 6.92 Å². The molecule has 1 fully saturated rings. The zero-order chi connectivity index (χ0) is 12.3. The summed E-state index contributed by atoms with van der Waals surface area (Å²) in [6.07, 6.45) is -0.643. The molecule has 4 atom stereocenters. The summed E-state index contributed by atoms with van der Waals surface area (Å²) in [6, 6.07) is -1.02. The van der Waals surface area contributed by atoms with Crippen LogP contribution in [0, 0.1) is 5.41 Å². The summed E-state index contributed by atoms with van der Waals surface area (Å²) in [7, 11) is 0. The number of carboxylic acids is 1. The third-order valence-electron chi connectivity index (χ3n) is 2.30. The molecular weight excluding hydrogens is 214 g/mol. The van der Waals surface area contributed by atoms with Crippen LogP contribution in [0.4, 0.5) is 0 Å². The molecule has 0 bridgehead atoms. The lowest BCUT2D eigenvalue weighted by atomic mass is 10.0. The average Bonchev–Trinajstić information content (AvgIpc) is 2.11. The minimum atomic E-state index is -1.10. The Hall–Kier alpha value is -1.34. The quantitative estimate of drug-likeness (QED) is 0.383. The Morgan fingerprint density at radius 1 is 1.56 bits per heavy atom. The minimum Gasteiger partial charge on any atom is -0.480 e. The number of rotatable bonds is 3. The van der Waals surface area contributed by atoms with Crippen LogP contribution in [-0.2, 0) is 14.3 Å². The summed E-state index contributed by atoms with van der Waals surface area (Å²) in [5, 5.41) is 18.4. The maximum absolute atomic E-state index is 11.0. The second-order valence-electron chi connectivity index (χ2n) is 3.80. The lowest BCUT2D eigenvalue weighted by Gasteiger charge is -2.35. The van der Waals surface area contributed by atoms with Gasteiger partial charge in [0.25, 0.3) is 0 Å². The fourth-order valence-electron chi connectivity index (χ4n) is 1.74. The van der Waals surface area contributed by atoms with Crippen molar-refractivity contribution in [3.05, 3.63) is 0 Å². The first kappa shape index (κ1) is 12.7. The van der Waals surface area contributed by atoms with Crippen LogP contribution in [0.15, 0.2) is 0 Å². The van der Waals surface area contributed by atoms with Gasteiger partial charge in [-0.05, 0) is 13.8 Å². The smallest absolute Gasteiger partial charge is 0.328 e. The van der Waals surface area contributed by atoms with E-state index in [0.717, 1.165) is 0 Å². The van der Waals surface area contributed by atoms with E-state index < -0.39 is 24.4 Å². The molecule has 0 radical (unpaired) electrons. The van der Waals surface area contributed by atoms with E-state index in [1.807, 2.05) is 6.92 Å². The topological polar surface area (TPSA) is 118 Å². The van der Waals surface area contributed by atoms with Gasteiger partial charge in [0.15, 0.2) is 18.3 Å². The number of hydrogen-bond donors (Lipinski definition) is 4.